The lowest BCUT2D eigenvalue weighted by Crippen LogP contribution is -2.46. The van der Waals surface area contributed by atoms with Crippen molar-refractivity contribution in [3.05, 3.63) is 0 Å². The van der Waals surface area contributed by atoms with Gasteiger partial charge in [0.1, 0.15) is 0 Å². The summed E-state index contributed by atoms with van der Waals surface area (Å²) in [6, 6.07) is 0.633. The molecule has 1 rings (SSSR count). The van der Waals surface area contributed by atoms with E-state index in [9.17, 15) is 0 Å². The average Bonchev–Trinajstić information content (AvgIpc) is 2.32. The van der Waals surface area contributed by atoms with Gasteiger partial charge < -0.3 is 9.47 Å². The zero-order chi connectivity index (χ0) is 13.4. The third-order valence-corrected chi connectivity index (χ3v) is 3.37. The van der Waals surface area contributed by atoms with E-state index in [4.69, 9.17) is 9.47 Å². The van der Waals surface area contributed by atoms with Gasteiger partial charge in [0, 0.05) is 25.7 Å². The highest BCUT2D eigenvalue weighted by Gasteiger charge is 2.22. The summed E-state index contributed by atoms with van der Waals surface area (Å²) >= 11 is 0. The summed E-state index contributed by atoms with van der Waals surface area (Å²) in [5.74, 6) is 0. The van der Waals surface area contributed by atoms with Gasteiger partial charge in [0.05, 0.1) is 18.8 Å². The molecular weight excluding hydrogens is 226 g/mol. The van der Waals surface area contributed by atoms with E-state index in [1.807, 2.05) is 0 Å². The van der Waals surface area contributed by atoms with Crippen LogP contribution in [0.15, 0.2) is 0 Å². The number of ether oxygens (including phenoxy) is 2. The van der Waals surface area contributed by atoms with E-state index >= 15 is 0 Å². The van der Waals surface area contributed by atoms with Crippen LogP contribution >= 0.6 is 0 Å². The van der Waals surface area contributed by atoms with Gasteiger partial charge in [-0.1, -0.05) is 19.8 Å². The monoisotopic (exact) mass is 257 g/mol. The van der Waals surface area contributed by atoms with Gasteiger partial charge in [-0.25, -0.2) is 0 Å². The summed E-state index contributed by atoms with van der Waals surface area (Å²) in [4.78, 5) is 2.59. The second-order valence-corrected chi connectivity index (χ2v) is 6.22. The van der Waals surface area contributed by atoms with Crippen molar-refractivity contribution < 1.29 is 9.47 Å². The van der Waals surface area contributed by atoms with Gasteiger partial charge in [0.2, 0.25) is 0 Å². The Hall–Kier alpha value is -0.120. The van der Waals surface area contributed by atoms with Gasteiger partial charge in [-0.2, -0.15) is 0 Å². The Morgan fingerprint density at radius 2 is 2.06 bits per heavy atom. The van der Waals surface area contributed by atoms with Crippen molar-refractivity contribution in [2.45, 2.75) is 65.0 Å². The number of hydrogen-bond acceptors (Lipinski definition) is 3. The minimum absolute atomic E-state index is 0.00732. The van der Waals surface area contributed by atoms with Crippen molar-refractivity contribution >= 4 is 0 Å². The molecule has 0 aromatic rings. The Labute approximate surface area is 113 Å². The van der Waals surface area contributed by atoms with Gasteiger partial charge in [0.15, 0.2) is 0 Å². The van der Waals surface area contributed by atoms with Crippen LogP contribution in [0, 0.1) is 0 Å². The van der Waals surface area contributed by atoms with E-state index in [2.05, 4.69) is 32.6 Å². The Kier molecular flexibility index (Phi) is 7.20. The van der Waals surface area contributed by atoms with E-state index in [1.54, 1.807) is 0 Å². The molecule has 1 aliphatic heterocycles. The largest absolute Gasteiger partial charge is 0.378 e. The van der Waals surface area contributed by atoms with Crippen LogP contribution in [-0.2, 0) is 9.47 Å². The van der Waals surface area contributed by atoms with Crippen LogP contribution < -0.4 is 0 Å². The molecule has 0 amide bonds. The number of nitrogens with zero attached hydrogens (tertiary/aromatic N) is 1. The molecule has 0 spiro atoms. The number of morpholine rings is 1. The lowest BCUT2D eigenvalue weighted by atomic mass is 10.1. The van der Waals surface area contributed by atoms with Crippen molar-refractivity contribution in [1.82, 2.24) is 4.90 Å². The molecule has 0 N–H and O–H groups in total. The minimum Gasteiger partial charge on any atom is -0.378 e. The van der Waals surface area contributed by atoms with E-state index in [1.165, 1.54) is 19.3 Å². The fourth-order valence-corrected chi connectivity index (χ4v) is 2.34. The third-order valence-electron chi connectivity index (χ3n) is 3.37. The normalized spacial score (nSPS) is 22.3. The number of rotatable bonds is 7. The molecule has 1 heterocycles. The number of hydrogen-bond donors (Lipinski definition) is 0. The van der Waals surface area contributed by atoms with Gasteiger partial charge in [-0.15, -0.1) is 0 Å². The molecule has 0 bridgehead atoms. The Bertz CT molecular complexity index is 213. The maximum Gasteiger partial charge on any atom is 0.0622 e. The van der Waals surface area contributed by atoms with Gasteiger partial charge in [-0.3, -0.25) is 4.90 Å². The van der Waals surface area contributed by atoms with Crippen LogP contribution in [0.4, 0.5) is 0 Å². The second-order valence-electron chi connectivity index (χ2n) is 6.22. The molecule has 0 aliphatic carbocycles. The first-order chi connectivity index (χ1) is 8.53. The molecule has 1 saturated heterocycles. The van der Waals surface area contributed by atoms with Crippen LogP contribution in [-0.4, -0.2) is 49.5 Å². The molecule has 3 heteroatoms. The van der Waals surface area contributed by atoms with Crippen LogP contribution in [0.2, 0.25) is 0 Å². The molecule has 0 aromatic heterocycles. The Morgan fingerprint density at radius 3 is 2.72 bits per heavy atom. The summed E-state index contributed by atoms with van der Waals surface area (Å²) < 4.78 is 11.4. The molecule has 1 atom stereocenters. The third kappa shape index (κ3) is 6.72. The van der Waals surface area contributed by atoms with Crippen molar-refractivity contribution in [2.24, 2.45) is 0 Å². The topological polar surface area (TPSA) is 21.7 Å². The highest BCUT2D eigenvalue weighted by molar-refractivity contribution is 4.75. The molecule has 18 heavy (non-hydrogen) atoms. The molecule has 3 nitrogen and oxygen atoms in total. The summed E-state index contributed by atoms with van der Waals surface area (Å²) in [6.07, 6.45) is 4.98. The zero-order valence-corrected chi connectivity index (χ0v) is 12.7. The molecular formula is C15H31NO2. The molecule has 1 fully saturated rings. The molecule has 0 saturated carbocycles. The average molecular weight is 257 g/mol. The van der Waals surface area contributed by atoms with Crippen molar-refractivity contribution in [2.75, 3.05) is 32.9 Å². The maximum atomic E-state index is 5.78. The summed E-state index contributed by atoms with van der Waals surface area (Å²) in [6.45, 7) is 13.5. The standard InChI is InChI=1S/C15H31NO2/c1-5-6-8-14-13-17-12-10-16(14)9-7-11-18-15(2,3)4/h14H,5-13H2,1-4H3. The predicted octanol–water partition coefficient (Wildman–Crippen LogP) is 3.08. The zero-order valence-electron chi connectivity index (χ0n) is 12.7. The SMILES string of the molecule is CCCCC1COCCN1CCCOC(C)(C)C. The molecule has 0 radical (unpaired) electrons. The smallest absolute Gasteiger partial charge is 0.0622 e. The van der Waals surface area contributed by atoms with Crippen LogP contribution in [0.5, 0.6) is 0 Å². The molecule has 1 aliphatic rings. The van der Waals surface area contributed by atoms with Crippen molar-refractivity contribution in [3.8, 4) is 0 Å². The Balaban J connectivity index is 2.20. The quantitative estimate of drug-likeness (QED) is 0.654. The predicted molar refractivity (Wildman–Crippen MR) is 76.0 cm³/mol. The minimum atomic E-state index is -0.00732. The lowest BCUT2D eigenvalue weighted by Gasteiger charge is -2.35. The molecule has 0 aromatic carbocycles. The van der Waals surface area contributed by atoms with Crippen molar-refractivity contribution in [1.29, 1.82) is 0 Å². The summed E-state index contributed by atoms with van der Waals surface area (Å²) in [5.41, 5.74) is -0.00732. The van der Waals surface area contributed by atoms with Gasteiger partial charge >= 0.3 is 0 Å². The Morgan fingerprint density at radius 1 is 1.28 bits per heavy atom. The van der Waals surface area contributed by atoms with Crippen LogP contribution in [0.3, 0.4) is 0 Å². The maximum absolute atomic E-state index is 5.78. The first kappa shape index (κ1) is 15.9. The lowest BCUT2D eigenvalue weighted by molar-refractivity contribution is -0.0298. The van der Waals surface area contributed by atoms with Gasteiger partial charge in [-0.05, 0) is 33.6 Å². The summed E-state index contributed by atoms with van der Waals surface area (Å²) in [7, 11) is 0. The van der Waals surface area contributed by atoms with Crippen molar-refractivity contribution in [3.63, 3.8) is 0 Å². The molecule has 108 valence electrons. The fraction of sp³-hybridized carbons (Fsp3) is 1.00. The van der Waals surface area contributed by atoms with Gasteiger partial charge in [0.25, 0.3) is 0 Å². The van der Waals surface area contributed by atoms with E-state index in [0.717, 1.165) is 39.3 Å². The highest BCUT2D eigenvalue weighted by atomic mass is 16.5. The van der Waals surface area contributed by atoms with Crippen LogP contribution in [0.25, 0.3) is 0 Å². The second kappa shape index (κ2) is 8.13. The molecule has 1 unspecified atom stereocenters. The first-order valence-electron chi connectivity index (χ1n) is 7.48. The first-order valence-corrected chi connectivity index (χ1v) is 7.48. The number of unbranched alkanes of at least 4 members (excludes halogenated alkanes) is 1. The van der Waals surface area contributed by atoms with E-state index < -0.39 is 0 Å². The summed E-state index contributed by atoms with van der Waals surface area (Å²) in [5, 5.41) is 0. The highest BCUT2D eigenvalue weighted by Crippen LogP contribution is 2.14. The van der Waals surface area contributed by atoms with E-state index in [-0.39, 0.29) is 5.60 Å². The van der Waals surface area contributed by atoms with Crippen LogP contribution in [0.1, 0.15) is 53.4 Å². The fourth-order valence-electron chi connectivity index (χ4n) is 2.34. The van der Waals surface area contributed by atoms with E-state index in [0.29, 0.717) is 6.04 Å².